The number of H-pyrrole nitrogens is 1. The van der Waals surface area contributed by atoms with E-state index in [1.807, 2.05) is 24.3 Å². The number of nitrogens with two attached hydrogens (primary N) is 1. The van der Waals surface area contributed by atoms with Crippen LogP contribution in [-0.4, -0.2) is 40.6 Å². The lowest BCUT2D eigenvalue weighted by Gasteiger charge is -2.31. The molecule has 3 aromatic rings. The summed E-state index contributed by atoms with van der Waals surface area (Å²) < 4.78 is 5.08. The predicted molar refractivity (Wildman–Crippen MR) is 110 cm³/mol. The molecule has 1 atom stereocenters. The van der Waals surface area contributed by atoms with Gasteiger partial charge in [0.25, 0.3) is 0 Å². The maximum atomic E-state index is 11.1. The number of carbonyl (C=O) groups is 1. The number of benzene rings is 2. The molecule has 7 heteroatoms. The van der Waals surface area contributed by atoms with Gasteiger partial charge in [0.05, 0.1) is 5.52 Å². The highest BCUT2D eigenvalue weighted by atomic mass is 35.5. The van der Waals surface area contributed by atoms with Crippen molar-refractivity contribution in [2.45, 2.75) is 25.2 Å². The number of primary amides is 1. The number of amides is 1. The molecule has 4 rings (SSSR count). The summed E-state index contributed by atoms with van der Waals surface area (Å²) in [6.07, 6.45) is 2.39. The van der Waals surface area contributed by atoms with Crippen molar-refractivity contribution >= 4 is 28.7 Å². The molecule has 28 heavy (non-hydrogen) atoms. The molecule has 0 radical (unpaired) electrons. The molecule has 0 bridgehead atoms. The molecule has 3 N–H and O–H groups in total. The van der Waals surface area contributed by atoms with Crippen molar-refractivity contribution < 1.29 is 9.53 Å². The summed E-state index contributed by atoms with van der Waals surface area (Å²) >= 11 is 5.96. The average Bonchev–Trinajstić information content (AvgIpc) is 3.13. The van der Waals surface area contributed by atoms with Crippen LogP contribution < -0.4 is 10.5 Å². The molecule has 1 aliphatic heterocycles. The van der Waals surface area contributed by atoms with Gasteiger partial charge >= 0.3 is 6.09 Å². The fourth-order valence-electron chi connectivity index (χ4n) is 3.83. The third-order valence-electron chi connectivity index (χ3n) is 5.23. The highest BCUT2D eigenvalue weighted by Gasteiger charge is 2.24. The molecule has 0 aliphatic carbocycles. The first-order chi connectivity index (χ1) is 13.6. The molecular weight excluding hydrogens is 376 g/mol. The lowest BCUT2D eigenvalue weighted by molar-refractivity contribution is 0.207. The van der Waals surface area contributed by atoms with E-state index in [-0.39, 0.29) is 0 Å². The van der Waals surface area contributed by atoms with Crippen LogP contribution in [0.3, 0.4) is 0 Å². The van der Waals surface area contributed by atoms with Crippen molar-refractivity contribution in [1.29, 1.82) is 0 Å². The first-order valence-electron chi connectivity index (χ1n) is 9.51. The normalized spacial score (nSPS) is 17.7. The van der Waals surface area contributed by atoms with Gasteiger partial charge in [-0.15, -0.1) is 0 Å². The molecule has 1 fully saturated rings. The van der Waals surface area contributed by atoms with Gasteiger partial charge in [-0.25, -0.2) is 9.78 Å². The monoisotopic (exact) mass is 398 g/mol. The first kappa shape index (κ1) is 18.8. The van der Waals surface area contributed by atoms with Crippen molar-refractivity contribution in [2.75, 3.05) is 19.6 Å². The second-order valence-corrected chi connectivity index (χ2v) is 7.65. The number of para-hydroxylation sites is 1. The molecule has 2 heterocycles. The summed E-state index contributed by atoms with van der Waals surface area (Å²) in [4.78, 5) is 21.7. The highest BCUT2D eigenvalue weighted by Crippen LogP contribution is 2.30. The lowest BCUT2D eigenvalue weighted by Crippen LogP contribution is -2.36. The summed E-state index contributed by atoms with van der Waals surface area (Å²) in [5, 5.41) is 0.770. The van der Waals surface area contributed by atoms with E-state index in [2.05, 4.69) is 22.0 Å². The third kappa shape index (κ3) is 4.29. The molecule has 1 amide bonds. The summed E-state index contributed by atoms with van der Waals surface area (Å²) in [5.41, 5.74) is 7.96. The Morgan fingerprint density at radius 2 is 2.11 bits per heavy atom. The number of hydrogen-bond acceptors (Lipinski definition) is 4. The number of ether oxygens (including phenoxy) is 1. The van der Waals surface area contributed by atoms with Crippen LogP contribution in [0.25, 0.3) is 11.0 Å². The van der Waals surface area contributed by atoms with Crippen LogP contribution in [0.15, 0.2) is 42.5 Å². The average molecular weight is 399 g/mol. The Balaban J connectivity index is 1.45. The number of carbonyl (C=O) groups excluding carboxylic acids is 1. The smallest absolute Gasteiger partial charge is 0.408 e. The van der Waals surface area contributed by atoms with E-state index >= 15 is 0 Å². The third-order valence-corrected chi connectivity index (χ3v) is 5.48. The largest absolute Gasteiger partial charge is 0.410 e. The van der Waals surface area contributed by atoms with Crippen LogP contribution >= 0.6 is 11.6 Å². The van der Waals surface area contributed by atoms with Crippen LogP contribution in [0, 0.1) is 0 Å². The predicted octanol–water partition coefficient (Wildman–Crippen LogP) is 4.10. The van der Waals surface area contributed by atoms with E-state index < -0.39 is 6.09 Å². The van der Waals surface area contributed by atoms with Crippen molar-refractivity contribution in [2.24, 2.45) is 5.73 Å². The van der Waals surface area contributed by atoms with Crippen LogP contribution in [0.4, 0.5) is 4.79 Å². The summed E-state index contributed by atoms with van der Waals surface area (Å²) in [5.74, 6) is 1.66. The van der Waals surface area contributed by atoms with E-state index in [1.165, 1.54) is 5.56 Å². The maximum absolute atomic E-state index is 11.1. The number of nitrogens with zero attached hydrogens (tertiary/aromatic N) is 2. The quantitative estimate of drug-likeness (QED) is 0.677. The Bertz CT molecular complexity index is 970. The Labute approximate surface area is 168 Å². The SMILES string of the molecule is NC(=O)Oc1cccc2[nH]c(C3CCCN(CCc4ccc(Cl)cc4)C3)nc12. The molecule has 146 valence electrons. The summed E-state index contributed by atoms with van der Waals surface area (Å²) in [6.45, 7) is 3.06. The van der Waals surface area contributed by atoms with Gasteiger partial charge in [-0.05, 0) is 55.6 Å². The van der Waals surface area contributed by atoms with Crippen LogP contribution in [0.1, 0.15) is 30.1 Å². The van der Waals surface area contributed by atoms with Gasteiger partial charge in [0.15, 0.2) is 5.75 Å². The van der Waals surface area contributed by atoms with Gasteiger partial charge in [0, 0.05) is 24.0 Å². The Kier molecular flexibility index (Phi) is 5.50. The number of fused-ring (bicyclic) bond motifs is 1. The zero-order valence-electron chi connectivity index (χ0n) is 15.5. The van der Waals surface area contributed by atoms with Crippen LogP contribution in [0.2, 0.25) is 5.02 Å². The Morgan fingerprint density at radius 3 is 2.89 bits per heavy atom. The number of imidazole rings is 1. The van der Waals surface area contributed by atoms with Gasteiger partial charge in [-0.3, -0.25) is 0 Å². The van der Waals surface area contributed by atoms with Crippen molar-refractivity contribution in [3.8, 4) is 5.75 Å². The number of likely N-dealkylation sites (tertiary alicyclic amines) is 1. The highest BCUT2D eigenvalue weighted by molar-refractivity contribution is 6.30. The summed E-state index contributed by atoms with van der Waals surface area (Å²) in [6, 6.07) is 13.5. The van der Waals surface area contributed by atoms with Crippen molar-refractivity contribution in [3.63, 3.8) is 0 Å². The molecule has 1 aliphatic rings. The first-order valence-corrected chi connectivity index (χ1v) is 9.89. The summed E-state index contributed by atoms with van der Waals surface area (Å²) in [7, 11) is 0. The van der Waals surface area contributed by atoms with E-state index in [9.17, 15) is 4.79 Å². The fourth-order valence-corrected chi connectivity index (χ4v) is 3.96. The van der Waals surface area contributed by atoms with Crippen molar-refractivity contribution in [1.82, 2.24) is 14.9 Å². The Morgan fingerprint density at radius 1 is 1.29 bits per heavy atom. The van der Waals surface area contributed by atoms with E-state index in [0.717, 1.165) is 55.3 Å². The van der Waals surface area contributed by atoms with Gasteiger partial charge in [0.2, 0.25) is 0 Å². The zero-order chi connectivity index (χ0) is 19.5. The zero-order valence-corrected chi connectivity index (χ0v) is 16.3. The number of nitrogens with one attached hydrogen (secondary N) is 1. The number of rotatable bonds is 5. The van der Waals surface area contributed by atoms with Crippen molar-refractivity contribution in [3.05, 3.63) is 58.9 Å². The number of aromatic amines is 1. The molecular formula is C21H23ClN4O2. The van der Waals surface area contributed by atoms with Gasteiger partial charge in [-0.1, -0.05) is 29.8 Å². The number of aromatic nitrogens is 2. The minimum absolute atomic E-state index is 0.327. The molecule has 2 aromatic carbocycles. The second kappa shape index (κ2) is 8.20. The minimum atomic E-state index is -0.830. The number of hydrogen-bond donors (Lipinski definition) is 2. The van der Waals surface area contributed by atoms with Gasteiger partial charge in [0.1, 0.15) is 11.3 Å². The lowest BCUT2D eigenvalue weighted by atomic mass is 9.97. The molecule has 0 saturated carbocycles. The second-order valence-electron chi connectivity index (χ2n) is 7.21. The van der Waals surface area contributed by atoms with Crippen LogP contribution in [0.5, 0.6) is 5.75 Å². The van der Waals surface area contributed by atoms with Crippen LogP contribution in [-0.2, 0) is 6.42 Å². The Hall–Kier alpha value is -2.57. The number of piperidine rings is 1. The molecule has 0 spiro atoms. The molecule has 1 aromatic heterocycles. The van der Waals surface area contributed by atoms with Gasteiger partial charge in [-0.2, -0.15) is 0 Å². The van der Waals surface area contributed by atoms with E-state index in [1.54, 1.807) is 6.07 Å². The maximum Gasteiger partial charge on any atom is 0.410 e. The molecule has 1 unspecified atom stereocenters. The minimum Gasteiger partial charge on any atom is -0.408 e. The topological polar surface area (TPSA) is 84.2 Å². The standard InChI is InChI=1S/C21H23ClN4O2/c22-16-8-6-14(7-9-16)10-12-26-11-2-3-15(13-26)20-24-17-4-1-5-18(19(17)25-20)28-21(23)27/h1,4-9,15H,2-3,10-13H2,(H2,23,27)(H,24,25). The van der Waals surface area contributed by atoms with Gasteiger partial charge < -0.3 is 20.4 Å². The van der Waals surface area contributed by atoms with E-state index in [4.69, 9.17) is 27.1 Å². The van der Waals surface area contributed by atoms with E-state index in [0.29, 0.717) is 17.2 Å². The number of halogens is 1. The fraction of sp³-hybridized carbons (Fsp3) is 0.333. The molecule has 6 nitrogen and oxygen atoms in total. The molecule has 1 saturated heterocycles.